The van der Waals surface area contributed by atoms with Gasteiger partial charge >= 0.3 is 0 Å². The fraction of sp³-hybridized carbons (Fsp3) is 0.875. The molecule has 1 aliphatic carbocycles. The lowest BCUT2D eigenvalue weighted by Crippen LogP contribution is -2.27. The Bertz CT molecular complexity index is 415. The Kier molecular flexibility index (Phi) is 4.39. The highest BCUT2D eigenvalue weighted by Crippen LogP contribution is 2.38. The van der Waals surface area contributed by atoms with Crippen LogP contribution >= 0.6 is 0 Å². The molecular weight excluding hydrogens is 250 g/mol. The molecule has 1 aromatic rings. The molecule has 1 atom stereocenters. The van der Waals surface area contributed by atoms with E-state index in [-0.39, 0.29) is 6.04 Å². The van der Waals surface area contributed by atoms with Gasteiger partial charge in [0.2, 0.25) is 5.89 Å². The summed E-state index contributed by atoms with van der Waals surface area (Å²) in [6.07, 6.45) is 8.72. The quantitative estimate of drug-likeness (QED) is 0.912. The maximum Gasteiger partial charge on any atom is 0.243 e. The monoisotopic (exact) mass is 277 g/mol. The molecule has 112 valence electrons. The van der Waals surface area contributed by atoms with E-state index >= 15 is 0 Å². The molecule has 20 heavy (non-hydrogen) atoms. The van der Waals surface area contributed by atoms with E-state index in [2.05, 4.69) is 29.3 Å². The average Bonchev–Trinajstić information content (AvgIpc) is 2.98. The summed E-state index contributed by atoms with van der Waals surface area (Å²) in [5.74, 6) is 3.98. The van der Waals surface area contributed by atoms with Crippen molar-refractivity contribution >= 4 is 0 Å². The van der Waals surface area contributed by atoms with Gasteiger partial charge in [-0.1, -0.05) is 25.4 Å². The van der Waals surface area contributed by atoms with E-state index in [1.165, 1.54) is 38.5 Å². The second-order valence-electron chi connectivity index (χ2n) is 6.85. The predicted molar refractivity (Wildman–Crippen MR) is 78.4 cm³/mol. The van der Waals surface area contributed by atoms with Gasteiger partial charge < -0.3 is 9.84 Å². The third-order valence-electron chi connectivity index (χ3n) is 5.15. The SMILES string of the molecule is CC(C)C1CCC(c2noc(C3CCCCN3)n2)CC1. The van der Waals surface area contributed by atoms with Crippen LogP contribution in [0.25, 0.3) is 0 Å². The van der Waals surface area contributed by atoms with Crippen molar-refractivity contribution in [3.05, 3.63) is 11.7 Å². The van der Waals surface area contributed by atoms with E-state index < -0.39 is 0 Å². The Morgan fingerprint density at radius 3 is 2.55 bits per heavy atom. The van der Waals surface area contributed by atoms with Crippen molar-refractivity contribution in [3.63, 3.8) is 0 Å². The minimum Gasteiger partial charge on any atom is -0.338 e. The first kappa shape index (κ1) is 14.1. The Labute approximate surface area is 121 Å². The molecule has 0 spiro atoms. The van der Waals surface area contributed by atoms with E-state index in [4.69, 9.17) is 4.52 Å². The average molecular weight is 277 g/mol. The van der Waals surface area contributed by atoms with Crippen LogP contribution in [0.1, 0.15) is 82.5 Å². The molecule has 0 bridgehead atoms. The van der Waals surface area contributed by atoms with Crippen LogP contribution in [0, 0.1) is 11.8 Å². The van der Waals surface area contributed by atoms with Crippen LogP contribution in [-0.2, 0) is 0 Å². The minimum atomic E-state index is 0.289. The molecule has 1 N–H and O–H groups in total. The molecule has 2 aliphatic rings. The number of nitrogens with zero attached hydrogens (tertiary/aromatic N) is 2. The van der Waals surface area contributed by atoms with Gasteiger partial charge in [-0.2, -0.15) is 4.98 Å². The summed E-state index contributed by atoms with van der Waals surface area (Å²) in [6, 6.07) is 0.289. The molecule has 1 unspecified atom stereocenters. The molecule has 0 aromatic carbocycles. The van der Waals surface area contributed by atoms with Crippen molar-refractivity contribution in [2.45, 2.75) is 70.8 Å². The fourth-order valence-electron chi connectivity index (χ4n) is 3.66. The Morgan fingerprint density at radius 1 is 1.10 bits per heavy atom. The number of nitrogens with one attached hydrogen (secondary N) is 1. The van der Waals surface area contributed by atoms with E-state index in [0.717, 1.165) is 36.5 Å². The summed E-state index contributed by atoms with van der Waals surface area (Å²) in [6.45, 7) is 5.75. The zero-order valence-electron chi connectivity index (χ0n) is 12.8. The third-order valence-corrected chi connectivity index (χ3v) is 5.15. The van der Waals surface area contributed by atoms with Crippen LogP contribution in [0.5, 0.6) is 0 Å². The summed E-state index contributed by atoms with van der Waals surface area (Å²) in [5, 5.41) is 7.74. The molecule has 0 amide bonds. The molecule has 4 nitrogen and oxygen atoms in total. The smallest absolute Gasteiger partial charge is 0.243 e. The van der Waals surface area contributed by atoms with Crippen LogP contribution < -0.4 is 5.32 Å². The lowest BCUT2D eigenvalue weighted by molar-refractivity contribution is 0.250. The number of aromatic nitrogens is 2. The second-order valence-corrected chi connectivity index (χ2v) is 6.85. The molecule has 1 aromatic heterocycles. The standard InChI is InChI=1S/C16H27N3O/c1-11(2)12-6-8-13(9-7-12)15-18-16(20-19-15)14-5-3-4-10-17-14/h11-14,17H,3-10H2,1-2H3. The number of rotatable bonds is 3. The maximum absolute atomic E-state index is 5.51. The van der Waals surface area contributed by atoms with Crippen molar-refractivity contribution < 1.29 is 4.52 Å². The molecule has 2 heterocycles. The summed E-state index contributed by atoms with van der Waals surface area (Å²) >= 11 is 0. The van der Waals surface area contributed by atoms with E-state index in [1.54, 1.807) is 0 Å². The van der Waals surface area contributed by atoms with E-state index in [9.17, 15) is 0 Å². The van der Waals surface area contributed by atoms with Crippen LogP contribution in [-0.4, -0.2) is 16.7 Å². The van der Waals surface area contributed by atoms with Gasteiger partial charge in [-0.3, -0.25) is 0 Å². The van der Waals surface area contributed by atoms with Gasteiger partial charge in [0.05, 0.1) is 6.04 Å². The first-order chi connectivity index (χ1) is 9.74. The maximum atomic E-state index is 5.51. The molecule has 4 heteroatoms. The van der Waals surface area contributed by atoms with Gasteiger partial charge in [0.15, 0.2) is 5.82 Å². The van der Waals surface area contributed by atoms with Gasteiger partial charge in [-0.15, -0.1) is 0 Å². The normalized spacial score (nSPS) is 31.6. The lowest BCUT2D eigenvalue weighted by atomic mass is 9.77. The molecule has 1 saturated carbocycles. The van der Waals surface area contributed by atoms with Crippen LogP contribution in [0.15, 0.2) is 4.52 Å². The summed E-state index contributed by atoms with van der Waals surface area (Å²) in [4.78, 5) is 4.69. The second kappa shape index (κ2) is 6.25. The van der Waals surface area contributed by atoms with Crippen molar-refractivity contribution in [2.24, 2.45) is 11.8 Å². The van der Waals surface area contributed by atoms with Gasteiger partial charge in [-0.05, 0) is 56.9 Å². The highest BCUT2D eigenvalue weighted by atomic mass is 16.5. The molecule has 1 aliphatic heterocycles. The Hall–Kier alpha value is -0.900. The summed E-state index contributed by atoms with van der Waals surface area (Å²) < 4.78 is 5.51. The highest BCUT2D eigenvalue weighted by Gasteiger charge is 2.28. The van der Waals surface area contributed by atoms with Gasteiger partial charge in [-0.25, -0.2) is 0 Å². The first-order valence-corrected chi connectivity index (χ1v) is 8.31. The van der Waals surface area contributed by atoms with Crippen molar-refractivity contribution in [2.75, 3.05) is 6.54 Å². The van der Waals surface area contributed by atoms with Crippen molar-refractivity contribution in [1.29, 1.82) is 0 Å². The lowest BCUT2D eigenvalue weighted by Gasteiger charge is -2.29. The number of piperidine rings is 1. The van der Waals surface area contributed by atoms with Gasteiger partial charge in [0.25, 0.3) is 0 Å². The zero-order chi connectivity index (χ0) is 13.9. The third kappa shape index (κ3) is 3.05. The van der Waals surface area contributed by atoms with E-state index in [0.29, 0.717) is 5.92 Å². The minimum absolute atomic E-state index is 0.289. The van der Waals surface area contributed by atoms with Gasteiger partial charge in [0, 0.05) is 5.92 Å². The van der Waals surface area contributed by atoms with Gasteiger partial charge in [0.1, 0.15) is 0 Å². The summed E-state index contributed by atoms with van der Waals surface area (Å²) in [5.41, 5.74) is 0. The highest BCUT2D eigenvalue weighted by molar-refractivity contribution is 5.01. The molecule has 0 radical (unpaired) electrons. The zero-order valence-corrected chi connectivity index (χ0v) is 12.8. The molecular formula is C16H27N3O. The first-order valence-electron chi connectivity index (χ1n) is 8.31. The summed E-state index contributed by atoms with van der Waals surface area (Å²) in [7, 11) is 0. The molecule has 3 rings (SSSR count). The Balaban J connectivity index is 1.60. The number of hydrogen-bond acceptors (Lipinski definition) is 4. The topological polar surface area (TPSA) is 51.0 Å². The molecule has 2 fully saturated rings. The van der Waals surface area contributed by atoms with Crippen LogP contribution in [0.3, 0.4) is 0 Å². The van der Waals surface area contributed by atoms with Crippen LogP contribution in [0.2, 0.25) is 0 Å². The van der Waals surface area contributed by atoms with Crippen molar-refractivity contribution in [3.8, 4) is 0 Å². The number of hydrogen-bond donors (Lipinski definition) is 1. The largest absolute Gasteiger partial charge is 0.338 e. The Morgan fingerprint density at radius 2 is 1.90 bits per heavy atom. The van der Waals surface area contributed by atoms with E-state index in [1.807, 2.05) is 0 Å². The van der Waals surface area contributed by atoms with Crippen molar-refractivity contribution in [1.82, 2.24) is 15.5 Å². The van der Waals surface area contributed by atoms with Crippen LogP contribution in [0.4, 0.5) is 0 Å². The molecule has 1 saturated heterocycles. The predicted octanol–water partition coefficient (Wildman–Crippen LogP) is 3.81. The fourth-order valence-corrected chi connectivity index (χ4v) is 3.66.